The number of thiol groups is 1. The molecule has 3 aromatic heterocycles. The van der Waals surface area contributed by atoms with E-state index in [1.807, 2.05) is 91.0 Å². The van der Waals surface area contributed by atoms with Crippen LogP contribution >= 0.6 is 62.8 Å². The number of rotatable bonds is 9. The van der Waals surface area contributed by atoms with Crippen molar-refractivity contribution in [3.8, 4) is 61.8 Å². The van der Waals surface area contributed by atoms with Crippen LogP contribution in [0.5, 0.6) is 17.2 Å². The number of hydrogen-bond acceptors (Lipinski definition) is 10. The number of halogens is 1. The van der Waals surface area contributed by atoms with Crippen molar-refractivity contribution in [2.24, 2.45) is 4.30 Å². The Morgan fingerprint density at radius 3 is 1.01 bits per heavy atom. The number of anilines is 5. The fraction of sp³-hybridized carbons (Fsp3) is 0. The van der Waals surface area contributed by atoms with Crippen LogP contribution in [0.15, 0.2) is 342 Å². The van der Waals surface area contributed by atoms with Crippen LogP contribution in [0.1, 0.15) is 0 Å². The predicted octanol–water partition coefficient (Wildman–Crippen LogP) is 25.8. The molecular formula is C84H60BBrN3O3S4. The summed E-state index contributed by atoms with van der Waals surface area (Å²) in [5.41, 5.74) is 14.5. The summed E-state index contributed by atoms with van der Waals surface area (Å²) in [5.74, 6) is 1.02. The van der Waals surface area contributed by atoms with Crippen molar-refractivity contribution in [2.45, 2.75) is 0 Å². The molecule has 0 unspecified atom stereocenters. The predicted molar refractivity (Wildman–Crippen MR) is 420 cm³/mol. The molecule has 14 aromatic carbocycles. The van der Waals surface area contributed by atoms with E-state index < -0.39 is 0 Å². The molecule has 0 saturated carbocycles. The largest absolute Gasteiger partial charge is 0.356 e. The number of nitrogens with zero attached hydrogens (tertiary/aromatic N) is 2. The van der Waals surface area contributed by atoms with Crippen LogP contribution in [-0.2, 0) is 0 Å². The zero-order valence-electron chi connectivity index (χ0n) is 51.6. The molecule has 0 aliphatic rings. The second-order valence-corrected chi connectivity index (χ2v) is 26.6. The van der Waals surface area contributed by atoms with E-state index in [9.17, 15) is 15.3 Å². The Kier molecular flexibility index (Phi) is 20.2. The van der Waals surface area contributed by atoms with Crippen LogP contribution in [0.25, 0.3) is 105 Å². The van der Waals surface area contributed by atoms with Gasteiger partial charge in [-0.3, -0.25) is 0 Å². The second kappa shape index (κ2) is 30.2. The topological polar surface area (TPSA) is 88.3 Å². The summed E-state index contributed by atoms with van der Waals surface area (Å²) in [6.45, 7) is 0. The zero-order chi connectivity index (χ0) is 65.7. The molecule has 0 saturated heterocycles. The monoisotopic (exact) mass is 1380 g/mol. The van der Waals surface area contributed by atoms with E-state index >= 15 is 0 Å². The minimum atomic E-state index is 0.299. The first kappa shape index (κ1) is 64.2. The summed E-state index contributed by atoms with van der Waals surface area (Å²) in [6.07, 6.45) is 0. The Balaban J connectivity index is 0.000000124. The van der Waals surface area contributed by atoms with Crippen molar-refractivity contribution in [3.63, 3.8) is 0 Å². The molecule has 17 aromatic rings. The molecule has 0 aliphatic carbocycles. The van der Waals surface area contributed by atoms with Crippen LogP contribution in [-0.4, -0.2) is 23.0 Å². The molecule has 0 atom stereocenters. The molecule has 1 radical (unpaired) electrons. The summed E-state index contributed by atoms with van der Waals surface area (Å²) in [7, 11) is 4.34. The van der Waals surface area contributed by atoms with Crippen LogP contribution in [0.3, 0.4) is 0 Å². The summed E-state index contributed by atoms with van der Waals surface area (Å²) in [5, 5.41) is 41.7. The third-order valence-electron chi connectivity index (χ3n) is 16.3. The summed E-state index contributed by atoms with van der Waals surface area (Å²) in [6, 6.07) is 114. The van der Waals surface area contributed by atoms with Crippen LogP contribution < -0.4 is 10.2 Å². The number of thiophene rings is 3. The SMILES string of the molecule is Oc1c(Br)ccc2c1sc1ccccc12.Oc1c(N(c2ccc(-c3ccccc3)cc2)c2ccc(-c3ccccc3)cc2)ccc2c1sc1ccccc12.Oc1cccc2c1sc1ccccc12.[B]=NS.c1ccc(-c2ccc(Nc3ccc(-c4ccccc4)cc3)cc2)cc1. The average Bonchev–Trinajstić information content (AvgIpc) is 1.13. The maximum Gasteiger partial charge on any atom is 0.0384 e. The van der Waals surface area contributed by atoms with Gasteiger partial charge >= 0.3 is 24.8 Å². The molecule has 0 spiro atoms. The van der Waals surface area contributed by atoms with Gasteiger partial charge < -0.3 is 25.5 Å². The normalized spacial score (nSPS) is 10.8. The van der Waals surface area contributed by atoms with E-state index in [0.29, 0.717) is 17.2 Å². The molecule has 6 nitrogen and oxygen atoms in total. The summed E-state index contributed by atoms with van der Waals surface area (Å²) >= 11 is 11.4. The van der Waals surface area contributed by atoms with Gasteiger partial charge in [0, 0.05) is 69.2 Å². The first-order chi connectivity index (χ1) is 47.2. The van der Waals surface area contributed by atoms with Crippen LogP contribution in [0.2, 0.25) is 0 Å². The molecule has 0 aliphatic heterocycles. The minimum absolute atomic E-state index is 0.299. The van der Waals surface area contributed by atoms with Crippen molar-refractivity contribution < 1.29 is 15.3 Å². The fourth-order valence-electron chi connectivity index (χ4n) is 11.6. The summed E-state index contributed by atoms with van der Waals surface area (Å²) < 4.78 is 9.89. The zero-order valence-corrected chi connectivity index (χ0v) is 56.5. The van der Waals surface area contributed by atoms with Gasteiger partial charge in [0.15, 0.2) is 5.75 Å². The van der Waals surface area contributed by atoms with E-state index in [1.54, 1.807) is 40.1 Å². The molecule has 0 bridgehead atoms. The average molecular weight is 1380 g/mol. The van der Waals surface area contributed by atoms with Crippen molar-refractivity contribution >= 4 is 159 Å². The molecule has 17 rings (SSSR count). The van der Waals surface area contributed by atoms with Gasteiger partial charge in [-0.05, 0) is 145 Å². The van der Waals surface area contributed by atoms with E-state index in [1.165, 1.54) is 63.6 Å². The number of phenols is 3. The molecule has 12 heteroatoms. The van der Waals surface area contributed by atoms with Gasteiger partial charge in [-0.2, -0.15) is 0 Å². The molecular weight excluding hydrogens is 1320 g/mol. The quantitative estimate of drug-likeness (QED) is 0.0734. The molecule has 463 valence electrons. The Morgan fingerprint density at radius 1 is 0.312 bits per heavy atom. The fourth-order valence-corrected chi connectivity index (χ4v) is 15.5. The smallest absolute Gasteiger partial charge is 0.0384 e. The van der Waals surface area contributed by atoms with E-state index in [0.717, 1.165) is 74.3 Å². The van der Waals surface area contributed by atoms with Gasteiger partial charge in [-0.25, -0.2) is 0 Å². The maximum atomic E-state index is 11.7. The number of phenolic OH excluding ortho intramolecular Hbond substituents is 3. The molecule has 0 amide bonds. The Hall–Kier alpha value is -10.6. The van der Waals surface area contributed by atoms with Crippen molar-refractivity contribution in [2.75, 3.05) is 10.2 Å². The molecule has 3 heterocycles. The van der Waals surface area contributed by atoms with Gasteiger partial charge in [-0.1, -0.05) is 249 Å². The minimum Gasteiger partial charge on any atom is -0.356 e. The van der Waals surface area contributed by atoms with Gasteiger partial charge in [0.2, 0.25) is 0 Å². The third kappa shape index (κ3) is 14.4. The maximum absolute atomic E-state index is 11.7. The summed E-state index contributed by atoms with van der Waals surface area (Å²) in [4.78, 5) is 2.14. The molecule has 4 N–H and O–H groups in total. The number of aromatic hydroxyl groups is 3. The van der Waals surface area contributed by atoms with Gasteiger partial charge in [0.25, 0.3) is 0 Å². The van der Waals surface area contributed by atoms with Gasteiger partial charge in [0.1, 0.15) is 11.5 Å². The molecule has 0 fully saturated rings. The first-order valence-corrected chi connectivity index (χ1v) is 34.6. The van der Waals surface area contributed by atoms with E-state index in [4.69, 9.17) is 0 Å². The standard InChI is InChI=1S/C36H25NOS.C24H19N.C12H7BrOS.C12H8OS.BHNS/c38-35-33(24-23-32-31-13-7-8-14-34(31)39-36(32)35)37(29-19-15-27(16-20-29)25-9-3-1-4-10-25)30-21-17-28(18-22-30)26-11-5-2-6-12-26;1-3-7-19(8-4-1)21-11-15-23(16-12-21)25-24-17-13-22(14-18-24)20-9-5-2-6-10-20;13-9-6-5-8-7-3-1-2-4-10(7)15-12(8)11(9)14;13-10-6-3-5-9-8-4-1-2-7-11(8)14-12(9)10;1-2-3/h1-24,38H;1-18,25H;1-6,14H;1-7,13H;3H. The number of benzene rings is 14. The third-order valence-corrected chi connectivity index (χ3v) is 20.6. The van der Waals surface area contributed by atoms with Gasteiger partial charge in [0.05, 0.1) is 24.3 Å². The molecule has 96 heavy (non-hydrogen) atoms. The number of hydrogen-bond donors (Lipinski definition) is 5. The number of nitrogens with one attached hydrogen (secondary N) is 1. The van der Waals surface area contributed by atoms with E-state index in [-0.39, 0.29) is 0 Å². The Bertz CT molecular complexity index is 5280. The van der Waals surface area contributed by atoms with Gasteiger partial charge in [-0.15, -0.1) is 34.0 Å². The first-order valence-electron chi connectivity index (χ1n) is 30.9. The van der Waals surface area contributed by atoms with E-state index in [2.05, 4.69) is 287 Å². The van der Waals surface area contributed by atoms with Crippen LogP contribution in [0, 0.1) is 0 Å². The van der Waals surface area contributed by atoms with Crippen LogP contribution in [0.4, 0.5) is 28.4 Å². The Morgan fingerprint density at radius 2 is 0.615 bits per heavy atom. The van der Waals surface area contributed by atoms with Crippen molar-refractivity contribution in [3.05, 3.63) is 338 Å². The number of fused-ring (bicyclic) bond motifs is 9. The van der Waals surface area contributed by atoms with Crippen molar-refractivity contribution in [1.82, 2.24) is 0 Å². The van der Waals surface area contributed by atoms with Crippen molar-refractivity contribution in [1.29, 1.82) is 0 Å². The Labute approximate surface area is 584 Å². The second-order valence-electron chi connectivity index (χ2n) is 22.3.